The summed E-state index contributed by atoms with van der Waals surface area (Å²) in [6.07, 6.45) is 4.15. The first-order valence-corrected chi connectivity index (χ1v) is 8.08. The maximum absolute atomic E-state index is 12.4. The minimum absolute atomic E-state index is 0. The van der Waals surface area contributed by atoms with Crippen molar-refractivity contribution in [3.63, 3.8) is 0 Å². The molecule has 8 heteroatoms. The molecule has 1 unspecified atom stereocenters. The van der Waals surface area contributed by atoms with E-state index in [-0.39, 0.29) is 36.8 Å². The Hall–Kier alpha value is -1.08. The summed E-state index contributed by atoms with van der Waals surface area (Å²) in [4.78, 5) is 16.7. The van der Waals surface area contributed by atoms with Crippen LogP contribution in [0.15, 0.2) is 17.6 Å². The van der Waals surface area contributed by atoms with Gasteiger partial charge in [-0.05, 0) is 38.7 Å². The van der Waals surface area contributed by atoms with Crippen molar-refractivity contribution in [2.45, 2.75) is 32.7 Å². The SMILES string of the molecule is Cc1cc(C(=O)NCC(N)C2CC2)c(C)n1-c1nccs1.Cl.Cl. The summed E-state index contributed by atoms with van der Waals surface area (Å²) in [5.41, 5.74) is 8.66. The number of hydrogen-bond acceptors (Lipinski definition) is 4. The van der Waals surface area contributed by atoms with Crippen LogP contribution >= 0.6 is 36.2 Å². The van der Waals surface area contributed by atoms with Gasteiger partial charge < -0.3 is 11.1 Å². The fourth-order valence-electron chi connectivity index (χ4n) is 2.61. The second kappa shape index (κ2) is 8.15. The largest absolute Gasteiger partial charge is 0.350 e. The number of aryl methyl sites for hydroxylation is 1. The molecule has 1 atom stereocenters. The monoisotopic (exact) mass is 376 g/mol. The van der Waals surface area contributed by atoms with E-state index in [0.717, 1.165) is 16.5 Å². The highest BCUT2D eigenvalue weighted by atomic mass is 35.5. The van der Waals surface area contributed by atoms with Gasteiger partial charge in [0.05, 0.1) is 5.56 Å². The van der Waals surface area contributed by atoms with Crippen molar-refractivity contribution in [2.75, 3.05) is 6.54 Å². The zero-order valence-corrected chi connectivity index (χ0v) is 15.6. The van der Waals surface area contributed by atoms with E-state index in [1.165, 1.54) is 12.8 Å². The molecule has 2 aromatic rings. The fourth-order valence-corrected chi connectivity index (χ4v) is 3.36. The van der Waals surface area contributed by atoms with E-state index in [1.54, 1.807) is 17.5 Å². The van der Waals surface area contributed by atoms with Crippen molar-refractivity contribution >= 4 is 42.1 Å². The predicted octanol–water partition coefficient (Wildman–Crippen LogP) is 2.86. The van der Waals surface area contributed by atoms with Gasteiger partial charge in [-0.3, -0.25) is 9.36 Å². The van der Waals surface area contributed by atoms with Gasteiger partial charge in [-0.2, -0.15) is 0 Å². The number of nitrogens with one attached hydrogen (secondary N) is 1. The zero-order chi connectivity index (χ0) is 15.0. The predicted molar refractivity (Wildman–Crippen MR) is 98.4 cm³/mol. The average Bonchev–Trinajstić information content (AvgIpc) is 3.10. The molecule has 1 fully saturated rings. The number of carbonyl (C=O) groups excluding carboxylic acids is 1. The molecule has 23 heavy (non-hydrogen) atoms. The Labute approximate surface area is 152 Å². The second-order valence-electron chi connectivity index (χ2n) is 5.65. The molecular formula is C15H22Cl2N4OS. The third kappa shape index (κ3) is 4.26. The van der Waals surface area contributed by atoms with Crippen LogP contribution in [0.3, 0.4) is 0 Å². The number of thiazole rings is 1. The molecule has 0 bridgehead atoms. The molecule has 1 aliphatic carbocycles. The van der Waals surface area contributed by atoms with Crippen molar-refractivity contribution < 1.29 is 4.79 Å². The maximum atomic E-state index is 12.4. The molecule has 5 nitrogen and oxygen atoms in total. The number of carbonyl (C=O) groups is 1. The summed E-state index contributed by atoms with van der Waals surface area (Å²) in [6, 6.07) is 1.99. The van der Waals surface area contributed by atoms with Gasteiger partial charge in [0.25, 0.3) is 5.91 Å². The summed E-state index contributed by atoms with van der Waals surface area (Å²) >= 11 is 1.56. The molecule has 0 radical (unpaired) electrons. The number of rotatable bonds is 5. The number of aromatic nitrogens is 2. The molecule has 0 spiro atoms. The third-order valence-corrected chi connectivity index (χ3v) is 4.77. The normalized spacial score (nSPS) is 14.6. The lowest BCUT2D eigenvalue weighted by atomic mass is 10.2. The van der Waals surface area contributed by atoms with Gasteiger partial charge in [-0.1, -0.05) is 0 Å². The summed E-state index contributed by atoms with van der Waals surface area (Å²) in [5.74, 6) is 0.537. The van der Waals surface area contributed by atoms with Gasteiger partial charge in [0.2, 0.25) is 0 Å². The molecule has 0 aliphatic heterocycles. The minimum Gasteiger partial charge on any atom is -0.350 e. The molecule has 0 aromatic carbocycles. The van der Waals surface area contributed by atoms with Crippen LogP contribution in [0.25, 0.3) is 5.13 Å². The van der Waals surface area contributed by atoms with E-state index >= 15 is 0 Å². The number of halogens is 2. The number of nitrogens with two attached hydrogens (primary N) is 1. The molecular weight excluding hydrogens is 355 g/mol. The zero-order valence-electron chi connectivity index (χ0n) is 13.1. The van der Waals surface area contributed by atoms with Gasteiger partial charge >= 0.3 is 0 Å². The second-order valence-corrected chi connectivity index (χ2v) is 6.52. The van der Waals surface area contributed by atoms with E-state index in [9.17, 15) is 4.79 Å². The van der Waals surface area contributed by atoms with Crippen molar-refractivity contribution in [3.05, 3.63) is 34.6 Å². The Balaban J connectivity index is 0.00000132. The molecule has 2 aromatic heterocycles. The van der Waals surface area contributed by atoms with Gasteiger partial charge in [-0.15, -0.1) is 36.2 Å². The fraction of sp³-hybridized carbons (Fsp3) is 0.467. The van der Waals surface area contributed by atoms with Crippen LogP contribution in [0.1, 0.15) is 34.6 Å². The third-order valence-electron chi connectivity index (χ3n) is 4.01. The highest BCUT2D eigenvalue weighted by molar-refractivity contribution is 7.12. The summed E-state index contributed by atoms with van der Waals surface area (Å²) < 4.78 is 2.01. The molecule has 1 amide bonds. The highest BCUT2D eigenvalue weighted by Crippen LogP contribution is 2.31. The smallest absolute Gasteiger partial charge is 0.253 e. The Kier molecular flexibility index (Phi) is 7.07. The van der Waals surface area contributed by atoms with Crippen molar-refractivity contribution in [1.82, 2.24) is 14.9 Å². The van der Waals surface area contributed by atoms with E-state index in [0.29, 0.717) is 18.0 Å². The lowest BCUT2D eigenvalue weighted by Crippen LogP contribution is -2.38. The first-order chi connectivity index (χ1) is 10.1. The lowest BCUT2D eigenvalue weighted by Gasteiger charge is -2.11. The van der Waals surface area contributed by atoms with Crippen LogP contribution in [0.5, 0.6) is 0 Å². The molecule has 2 heterocycles. The van der Waals surface area contributed by atoms with E-state index in [4.69, 9.17) is 5.73 Å². The van der Waals surface area contributed by atoms with Crippen LogP contribution in [-0.2, 0) is 0 Å². The van der Waals surface area contributed by atoms with Crippen LogP contribution in [-0.4, -0.2) is 28.0 Å². The summed E-state index contributed by atoms with van der Waals surface area (Å²) in [6.45, 7) is 4.48. The molecule has 1 aliphatic rings. The Morgan fingerprint density at radius 1 is 1.48 bits per heavy atom. The molecule has 1 saturated carbocycles. The molecule has 3 rings (SSSR count). The number of nitrogens with zero attached hydrogens (tertiary/aromatic N) is 2. The van der Waals surface area contributed by atoms with Crippen molar-refractivity contribution in [3.8, 4) is 5.13 Å². The van der Waals surface area contributed by atoms with Gasteiger partial charge in [-0.25, -0.2) is 4.98 Å². The van der Waals surface area contributed by atoms with E-state index in [2.05, 4.69) is 10.3 Å². The van der Waals surface area contributed by atoms with Crippen molar-refractivity contribution in [2.24, 2.45) is 11.7 Å². The van der Waals surface area contributed by atoms with Crippen molar-refractivity contribution in [1.29, 1.82) is 0 Å². The maximum Gasteiger partial charge on any atom is 0.253 e. The number of hydrogen-bond donors (Lipinski definition) is 2. The Morgan fingerprint density at radius 2 is 2.17 bits per heavy atom. The number of amides is 1. The summed E-state index contributed by atoms with van der Waals surface area (Å²) in [5, 5.41) is 5.77. The summed E-state index contributed by atoms with van der Waals surface area (Å²) in [7, 11) is 0. The van der Waals surface area contributed by atoms with Crippen LogP contribution in [0.2, 0.25) is 0 Å². The highest BCUT2D eigenvalue weighted by Gasteiger charge is 2.28. The van der Waals surface area contributed by atoms with Gasteiger partial charge in [0, 0.05) is 35.6 Å². The van der Waals surface area contributed by atoms with E-state index in [1.807, 2.05) is 29.9 Å². The Morgan fingerprint density at radius 3 is 2.74 bits per heavy atom. The first-order valence-electron chi connectivity index (χ1n) is 7.20. The van der Waals surface area contributed by atoms with Gasteiger partial charge in [0.1, 0.15) is 0 Å². The van der Waals surface area contributed by atoms with E-state index < -0.39 is 0 Å². The van der Waals surface area contributed by atoms with Crippen LogP contribution in [0.4, 0.5) is 0 Å². The van der Waals surface area contributed by atoms with Gasteiger partial charge in [0.15, 0.2) is 5.13 Å². The Bertz CT molecular complexity index is 653. The average molecular weight is 377 g/mol. The standard InChI is InChI=1S/C15H20N4OS.2ClH/c1-9-7-12(10(2)19(9)15-17-5-6-21-15)14(20)18-8-13(16)11-3-4-11;;/h5-7,11,13H,3-4,8,16H2,1-2H3,(H,18,20);2*1H. The molecule has 128 valence electrons. The first kappa shape index (κ1) is 20.0. The minimum atomic E-state index is -0.0537. The molecule has 0 saturated heterocycles. The van der Waals surface area contributed by atoms with Crippen LogP contribution < -0.4 is 11.1 Å². The lowest BCUT2D eigenvalue weighted by molar-refractivity contribution is 0.0949. The quantitative estimate of drug-likeness (QED) is 0.842. The van der Waals surface area contributed by atoms with Crippen LogP contribution in [0, 0.1) is 19.8 Å². The topological polar surface area (TPSA) is 72.9 Å². The molecule has 3 N–H and O–H groups in total.